The molecule has 10 heteroatoms. The number of amides is 1. The number of aliphatic hydroxyl groups is 1. The number of pyridine rings is 1. The van der Waals surface area contributed by atoms with Crippen molar-refractivity contribution >= 4 is 11.5 Å². The van der Waals surface area contributed by atoms with E-state index in [1.807, 2.05) is 0 Å². The van der Waals surface area contributed by atoms with Gasteiger partial charge in [-0.3, -0.25) is 9.78 Å². The van der Waals surface area contributed by atoms with Gasteiger partial charge < -0.3 is 32.1 Å². The van der Waals surface area contributed by atoms with Gasteiger partial charge in [-0.2, -0.15) is 0 Å². The predicted octanol–water partition coefficient (Wildman–Crippen LogP) is -1.84. The molecule has 0 fully saturated rings. The van der Waals surface area contributed by atoms with Gasteiger partial charge in [0.25, 0.3) is 0 Å². The van der Waals surface area contributed by atoms with Crippen molar-refractivity contribution in [1.82, 2.24) is 10.3 Å². The molecule has 2 aromatic rings. The van der Waals surface area contributed by atoms with Gasteiger partial charge in [0, 0.05) is 23.5 Å². The minimum atomic E-state index is -0.493. The van der Waals surface area contributed by atoms with Gasteiger partial charge in [-0.1, -0.05) is 24.8 Å². The second kappa shape index (κ2) is 16.4. The van der Waals surface area contributed by atoms with Crippen LogP contribution in [0.1, 0.15) is 18.2 Å². The number of hydrogen-bond acceptors (Lipinski definition) is 7. The Bertz CT molecular complexity index is 786. The van der Waals surface area contributed by atoms with Crippen molar-refractivity contribution < 1.29 is 75.9 Å². The number of nitrogens with zero attached hydrogens (tertiary/aromatic N) is 1. The number of aromatic nitrogens is 1. The smallest absolute Gasteiger partial charge is 0.870 e. The third kappa shape index (κ3) is 9.78. The number of nitrogens with two attached hydrogens (primary N) is 2. The average Bonchev–Trinajstić information content (AvgIpc) is 2.67. The number of nitrogens with one attached hydrogen (secondary N) is 1. The molecule has 0 atom stereocenters. The summed E-state index contributed by atoms with van der Waals surface area (Å²) in [5, 5.41) is 11.2. The number of ether oxygens (including phenoxy) is 1. The average molecular weight is 432 g/mol. The topological polar surface area (TPSA) is 153 Å². The summed E-state index contributed by atoms with van der Waals surface area (Å²) in [6.07, 6.45) is 1.47. The summed E-state index contributed by atoms with van der Waals surface area (Å²) in [5.41, 5.74) is 11.5. The van der Waals surface area contributed by atoms with Gasteiger partial charge in [-0.05, 0) is 26.1 Å². The summed E-state index contributed by atoms with van der Waals surface area (Å²) in [4.78, 5) is 16.3. The Kier molecular flexibility index (Phi) is 16.9. The SMILES string of the molecule is C/C(N)=C(\C(=O)N[CH-]CO)c1cc(OCc2ccccc2F)ccn1.CN.[K+].[OH-]. The number of hydrogen-bond donors (Lipinski definition) is 4. The quantitative estimate of drug-likeness (QED) is 0.228. The van der Waals surface area contributed by atoms with Crippen LogP contribution in [0.3, 0.4) is 0 Å². The molecule has 0 bridgehead atoms. The van der Waals surface area contributed by atoms with Crippen LogP contribution < -0.4 is 72.9 Å². The molecule has 0 saturated heterocycles. The maximum Gasteiger partial charge on any atom is 1.00 e. The summed E-state index contributed by atoms with van der Waals surface area (Å²) >= 11 is 0. The van der Waals surface area contributed by atoms with Crippen LogP contribution in [0, 0.1) is 12.4 Å². The van der Waals surface area contributed by atoms with E-state index in [2.05, 4.69) is 16.0 Å². The Morgan fingerprint density at radius 2 is 1.97 bits per heavy atom. The molecule has 0 aliphatic carbocycles. The number of aliphatic hydroxyl groups excluding tert-OH is 1. The van der Waals surface area contributed by atoms with Gasteiger partial charge in [0.15, 0.2) is 0 Å². The van der Waals surface area contributed by atoms with Crippen LogP contribution in [0.25, 0.3) is 5.57 Å². The summed E-state index contributed by atoms with van der Waals surface area (Å²) in [7, 11) is 1.50. The standard InChI is InChI=1S/C18H19FN3O3.CH5N.K.H2O/c1-12(20)17(18(24)22-8-9-23)16-10-14(6-7-21-16)25-11-13-4-2-3-5-15(13)19;1-2;;/h2-8,10,23H,9,11,20H2,1H3,(H,22,24);2H2,1H3;;1H2/q-1;;+1;/p-1/b17-12+;;;. The van der Waals surface area contributed by atoms with Gasteiger partial charge in [0.2, 0.25) is 5.91 Å². The molecule has 154 valence electrons. The number of allylic oxidation sites excluding steroid dienone is 1. The van der Waals surface area contributed by atoms with Gasteiger partial charge in [0.05, 0.1) is 11.3 Å². The molecular weight excluding hydrogens is 406 g/mol. The third-order valence-corrected chi connectivity index (χ3v) is 3.29. The number of halogens is 1. The zero-order chi connectivity index (χ0) is 20.2. The normalized spacial score (nSPS) is 10.2. The first-order valence-corrected chi connectivity index (χ1v) is 8.13. The van der Waals surface area contributed by atoms with Crippen molar-refractivity contribution in [3.63, 3.8) is 0 Å². The van der Waals surface area contributed by atoms with E-state index in [4.69, 9.17) is 15.6 Å². The van der Waals surface area contributed by atoms with Gasteiger partial charge in [0.1, 0.15) is 18.2 Å². The molecule has 1 heterocycles. The summed E-state index contributed by atoms with van der Waals surface area (Å²) in [6, 6.07) is 9.46. The summed E-state index contributed by atoms with van der Waals surface area (Å²) < 4.78 is 19.2. The van der Waals surface area contributed by atoms with E-state index in [9.17, 15) is 9.18 Å². The zero-order valence-electron chi connectivity index (χ0n) is 16.7. The molecule has 29 heavy (non-hydrogen) atoms. The van der Waals surface area contributed by atoms with Gasteiger partial charge in [-0.25, -0.2) is 10.9 Å². The Morgan fingerprint density at radius 3 is 2.55 bits per heavy atom. The minimum absolute atomic E-state index is 0. The van der Waals surface area contributed by atoms with E-state index >= 15 is 0 Å². The molecule has 0 spiro atoms. The van der Waals surface area contributed by atoms with E-state index in [1.165, 1.54) is 25.9 Å². The van der Waals surface area contributed by atoms with Crippen LogP contribution in [0.4, 0.5) is 4.39 Å². The second-order valence-corrected chi connectivity index (χ2v) is 5.18. The fourth-order valence-electron chi connectivity index (χ4n) is 2.12. The van der Waals surface area contributed by atoms with Crippen molar-refractivity contribution in [2.45, 2.75) is 13.5 Å². The van der Waals surface area contributed by atoms with E-state index in [-0.39, 0.29) is 87.2 Å². The van der Waals surface area contributed by atoms with Crippen LogP contribution in [0.5, 0.6) is 5.75 Å². The molecule has 0 radical (unpaired) electrons. The second-order valence-electron chi connectivity index (χ2n) is 5.18. The van der Waals surface area contributed by atoms with Crippen LogP contribution in [-0.4, -0.2) is 35.1 Å². The minimum Gasteiger partial charge on any atom is -0.870 e. The van der Waals surface area contributed by atoms with Crippen LogP contribution in [-0.2, 0) is 11.4 Å². The third-order valence-electron chi connectivity index (χ3n) is 3.29. The molecule has 1 amide bonds. The van der Waals surface area contributed by atoms with Crippen molar-refractivity contribution in [2.24, 2.45) is 11.5 Å². The zero-order valence-corrected chi connectivity index (χ0v) is 19.8. The Labute approximate surface area is 212 Å². The fraction of sp³-hybridized carbons (Fsp3) is 0.211. The molecule has 1 aromatic carbocycles. The Hall–Kier alpha value is -1.37. The number of rotatable bonds is 7. The molecule has 1 aromatic heterocycles. The first kappa shape index (κ1) is 29.8. The maximum absolute atomic E-state index is 13.6. The van der Waals surface area contributed by atoms with E-state index in [0.717, 1.165) is 0 Å². The van der Waals surface area contributed by atoms with Gasteiger partial charge >= 0.3 is 51.4 Å². The van der Waals surface area contributed by atoms with Crippen molar-refractivity contribution in [1.29, 1.82) is 0 Å². The maximum atomic E-state index is 13.6. The molecule has 8 nitrogen and oxygen atoms in total. The van der Waals surface area contributed by atoms with E-state index in [1.54, 1.807) is 37.3 Å². The molecule has 0 aliphatic heterocycles. The van der Waals surface area contributed by atoms with Gasteiger partial charge in [-0.15, -0.1) is 0 Å². The van der Waals surface area contributed by atoms with E-state index < -0.39 is 5.91 Å². The number of carbonyl (C=O) groups excluding carboxylic acids is 1. The Morgan fingerprint density at radius 1 is 1.31 bits per heavy atom. The van der Waals surface area contributed by atoms with Crippen molar-refractivity contribution in [3.05, 3.63) is 71.9 Å². The number of carbonyl (C=O) groups is 1. The van der Waals surface area contributed by atoms with Crippen molar-refractivity contribution in [2.75, 3.05) is 13.7 Å². The van der Waals surface area contributed by atoms with Crippen molar-refractivity contribution in [3.8, 4) is 5.75 Å². The molecule has 0 saturated carbocycles. The summed E-state index contributed by atoms with van der Waals surface area (Å²) in [5.74, 6) is -0.423. The molecule has 0 unspecified atom stereocenters. The van der Waals surface area contributed by atoms with E-state index in [0.29, 0.717) is 17.0 Å². The molecule has 2 rings (SSSR count). The van der Waals surface area contributed by atoms with Crippen LogP contribution >= 0.6 is 0 Å². The predicted molar refractivity (Wildman–Crippen MR) is 103 cm³/mol. The van der Waals surface area contributed by atoms with Crippen LogP contribution in [0.2, 0.25) is 0 Å². The number of benzene rings is 1. The first-order valence-electron chi connectivity index (χ1n) is 8.13. The molecule has 0 aliphatic rings. The Balaban J connectivity index is 0. The fourth-order valence-corrected chi connectivity index (χ4v) is 2.12. The largest absolute Gasteiger partial charge is 1.00 e. The molecule has 7 N–H and O–H groups in total. The van der Waals surface area contributed by atoms with Crippen LogP contribution in [0.15, 0.2) is 48.3 Å². The summed E-state index contributed by atoms with van der Waals surface area (Å²) in [6.45, 7) is 2.51. The monoisotopic (exact) mass is 431 g/mol. The first-order chi connectivity index (χ1) is 13.0. The molecular formula is C19H25FKN4O4-.